The molecule has 2 saturated heterocycles. The zero-order valence-corrected chi connectivity index (χ0v) is 23.6. The summed E-state index contributed by atoms with van der Waals surface area (Å²) < 4.78 is 11.0. The van der Waals surface area contributed by atoms with E-state index in [1.165, 1.54) is 0 Å². The van der Waals surface area contributed by atoms with Crippen molar-refractivity contribution >= 4 is 17.8 Å². The lowest BCUT2D eigenvalue weighted by molar-refractivity contribution is -0.144. The van der Waals surface area contributed by atoms with E-state index in [0.717, 1.165) is 37.8 Å². The van der Waals surface area contributed by atoms with E-state index in [0.29, 0.717) is 57.1 Å². The summed E-state index contributed by atoms with van der Waals surface area (Å²) in [5, 5.41) is 10.4. The number of unbranched alkanes of at least 4 members (excludes halogenated alkanes) is 1. The molecule has 1 aromatic carbocycles. The van der Waals surface area contributed by atoms with Gasteiger partial charge in [0.25, 0.3) is 0 Å². The molecule has 216 valence electrons. The van der Waals surface area contributed by atoms with Crippen molar-refractivity contribution in [1.82, 2.24) is 19.6 Å². The van der Waals surface area contributed by atoms with Crippen LogP contribution >= 0.6 is 0 Å². The first-order chi connectivity index (χ1) is 18.8. The van der Waals surface area contributed by atoms with Crippen LogP contribution in [0.3, 0.4) is 0 Å². The zero-order valence-electron chi connectivity index (χ0n) is 23.6. The molecule has 10 heteroatoms. The number of carbonyl (C=O) groups is 3. The Kier molecular flexibility index (Phi) is 10.1. The Morgan fingerprint density at radius 2 is 1.87 bits per heavy atom. The average Bonchev–Trinajstić information content (AvgIpc) is 3.62. The molecule has 10 nitrogen and oxygen atoms in total. The first kappa shape index (κ1) is 29.1. The first-order valence-electron chi connectivity index (χ1n) is 14.3. The number of benzene rings is 1. The van der Waals surface area contributed by atoms with Crippen LogP contribution in [0.2, 0.25) is 0 Å². The quantitative estimate of drug-likeness (QED) is 0.381. The van der Waals surface area contributed by atoms with Crippen LogP contribution < -0.4 is 9.47 Å². The Morgan fingerprint density at radius 1 is 1.10 bits per heavy atom. The van der Waals surface area contributed by atoms with Gasteiger partial charge in [-0.2, -0.15) is 0 Å². The smallest absolute Gasteiger partial charge is 0.308 e. The SMILES string of the molecule is CCCCN(CCCN(C)C)C(=O)CN1C[C@H](c2ccc3c(c2)OCO3)C(C(=O)O)[C@@H]1CCN1CCCC1=O. The minimum Gasteiger partial charge on any atom is -0.481 e. The molecule has 0 spiro atoms. The normalized spacial score (nSPS) is 22.7. The fourth-order valence-corrected chi connectivity index (χ4v) is 6.12. The Morgan fingerprint density at radius 3 is 2.56 bits per heavy atom. The second kappa shape index (κ2) is 13.5. The van der Waals surface area contributed by atoms with Gasteiger partial charge < -0.3 is 29.3 Å². The van der Waals surface area contributed by atoms with Gasteiger partial charge in [0.1, 0.15) is 0 Å². The van der Waals surface area contributed by atoms with Crippen LogP contribution in [0.5, 0.6) is 11.5 Å². The Labute approximate surface area is 231 Å². The molecule has 3 aliphatic rings. The summed E-state index contributed by atoms with van der Waals surface area (Å²) >= 11 is 0. The predicted molar refractivity (Wildman–Crippen MR) is 147 cm³/mol. The Balaban J connectivity index is 1.55. The minimum atomic E-state index is -0.876. The van der Waals surface area contributed by atoms with E-state index in [1.54, 1.807) is 0 Å². The number of amides is 2. The number of carboxylic acid groups (broad SMARTS) is 1. The lowest BCUT2D eigenvalue weighted by Gasteiger charge is -2.31. The van der Waals surface area contributed by atoms with Gasteiger partial charge in [0, 0.05) is 51.1 Å². The predicted octanol–water partition coefficient (Wildman–Crippen LogP) is 2.48. The third-order valence-corrected chi connectivity index (χ3v) is 8.23. The van der Waals surface area contributed by atoms with E-state index in [1.807, 2.05) is 42.1 Å². The highest BCUT2D eigenvalue weighted by atomic mass is 16.7. The van der Waals surface area contributed by atoms with Crippen molar-refractivity contribution in [2.24, 2.45) is 5.92 Å². The van der Waals surface area contributed by atoms with Crippen molar-refractivity contribution in [3.8, 4) is 11.5 Å². The van der Waals surface area contributed by atoms with E-state index in [4.69, 9.17) is 9.47 Å². The third kappa shape index (κ3) is 7.22. The van der Waals surface area contributed by atoms with Gasteiger partial charge in [0.2, 0.25) is 18.6 Å². The largest absolute Gasteiger partial charge is 0.481 e. The highest BCUT2D eigenvalue weighted by Gasteiger charge is 2.47. The Hall–Kier alpha value is -2.85. The van der Waals surface area contributed by atoms with Crippen LogP contribution in [0, 0.1) is 5.92 Å². The lowest BCUT2D eigenvalue weighted by Crippen LogP contribution is -2.46. The van der Waals surface area contributed by atoms with E-state index in [-0.39, 0.29) is 37.1 Å². The number of likely N-dealkylation sites (tertiary alicyclic amines) is 2. The highest BCUT2D eigenvalue weighted by Crippen LogP contribution is 2.42. The molecule has 4 rings (SSSR count). The molecule has 1 aromatic rings. The number of nitrogens with zero attached hydrogens (tertiary/aromatic N) is 4. The number of aliphatic carboxylic acids is 1. The van der Waals surface area contributed by atoms with Gasteiger partial charge >= 0.3 is 5.97 Å². The minimum absolute atomic E-state index is 0.0416. The maximum absolute atomic E-state index is 13.6. The van der Waals surface area contributed by atoms with Crippen molar-refractivity contribution in [3.63, 3.8) is 0 Å². The van der Waals surface area contributed by atoms with E-state index >= 15 is 0 Å². The van der Waals surface area contributed by atoms with Gasteiger partial charge in [-0.25, -0.2) is 0 Å². The number of carboxylic acids is 1. The molecule has 0 radical (unpaired) electrons. The molecule has 3 atom stereocenters. The van der Waals surface area contributed by atoms with Crippen molar-refractivity contribution in [1.29, 1.82) is 0 Å². The monoisotopic (exact) mass is 544 g/mol. The van der Waals surface area contributed by atoms with Gasteiger partial charge in [-0.3, -0.25) is 19.3 Å². The van der Waals surface area contributed by atoms with Crippen LogP contribution in [0.1, 0.15) is 56.9 Å². The number of rotatable bonds is 14. The van der Waals surface area contributed by atoms with Crippen molar-refractivity contribution < 1.29 is 29.0 Å². The summed E-state index contributed by atoms with van der Waals surface area (Å²) in [7, 11) is 4.06. The van der Waals surface area contributed by atoms with Crippen LogP contribution in [0.15, 0.2) is 18.2 Å². The number of hydrogen-bond donors (Lipinski definition) is 1. The number of hydrogen-bond acceptors (Lipinski definition) is 7. The van der Waals surface area contributed by atoms with Gasteiger partial charge in [-0.05, 0) is 64.0 Å². The van der Waals surface area contributed by atoms with E-state index < -0.39 is 11.9 Å². The fourth-order valence-electron chi connectivity index (χ4n) is 6.12. The molecule has 0 bridgehead atoms. The summed E-state index contributed by atoms with van der Waals surface area (Å²) in [6.45, 7) is 6.42. The molecule has 2 fully saturated rings. The van der Waals surface area contributed by atoms with E-state index in [9.17, 15) is 19.5 Å². The van der Waals surface area contributed by atoms with Gasteiger partial charge in [0.05, 0.1) is 12.5 Å². The molecule has 1 unspecified atom stereocenters. The van der Waals surface area contributed by atoms with E-state index in [2.05, 4.69) is 16.7 Å². The first-order valence-corrected chi connectivity index (χ1v) is 14.3. The third-order valence-electron chi connectivity index (χ3n) is 8.23. The summed E-state index contributed by atoms with van der Waals surface area (Å²) in [5.41, 5.74) is 0.873. The van der Waals surface area contributed by atoms with Gasteiger partial charge in [-0.1, -0.05) is 19.4 Å². The van der Waals surface area contributed by atoms with Crippen molar-refractivity contribution in [2.75, 3.05) is 66.7 Å². The second-order valence-corrected chi connectivity index (χ2v) is 11.2. The molecule has 3 aliphatic heterocycles. The maximum atomic E-state index is 13.6. The molecule has 0 saturated carbocycles. The molecule has 3 heterocycles. The van der Waals surface area contributed by atoms with Crippen LogP contribution in [0.4, 0.5) is 0 Å². The van der Waals surface area contributed by atoms with Crippen molar-refractivity contribution in [2.45, 2.75) is 57.4 Å². The summed E-state index contributed by atoms with van der Waals surface area (Å²) in [6.07, 6.45) is 4.74. The number of fused-ring (bicyclic) bond motifs is 1. The zero-order chi connectivity index (χ0) is 27.9. The summed E-state index contributed by atoms with van der Waals surface area (Å²) in [5.74, 6) is -0.433. The number of carbonyl (C=O) groups excluding carboxylic acids is 2. The van der Waals surface area contributed by atoms with Crippen molar-refractivity contribution in [3.05, 3.63) is 23.8 Å². The topological polar surface area (TPSA) is 103 Å². The second-order valence-electron chi connectivity index (χ2n) is 11.2. The number of ether oxygens (including phenoxy) is 2. The fraction of sp³-hybridized carbons (Fsp3) is 0.690. The standard InChI is InChI=1S/C29H44N4O6/c1-4-5-13-31(15-7-12-30(2)3)27(35)19-33-18-22(21-9-10-24-25(17-21)39-20-38-24)28(29(36)37)23(33)11-16-32-14-6-8-26(32)34/h9-10,17,22-23,28H,4-8,11-16,18-20H2,1-3H3,(H,36,37)/t22-,23+,28?/m1/s1. The maximum Gasteiger partial charge on any atom is 0.308 e. The molecule has 0 aromatic heterocycles. The summed E-state index contributed by atoms with van der Waals surface area (Å²) in [6, 6.07) is 5.27. The lowest BCUT2D eigenvalue weighted by atomic mass is 9.84. The summed E-state index contributed by atoms with van der Waals surface area (Å²) in [4.78, 5) is 46.6. The van der Waals surface area contributed by atoms with Gasteiger partial charge in [-0.15, -0.1) is 0 Å². The molecule has 1 N–H and O–H groups in total. The van der Waals surface area contributed by atoms with Crippen LogP contribution in [0.25, 0.3) is 0 Å². The van der Waals surface area contributed by atoms with Crippen LogP contribution in [-0.4, -0.2) is 115 Å². The van der Waals surface area contributed by atoms with Gasteiger partial charge in [0.15, 0.2) is 11.5 Å². The molecular weight excluding hydrogens is 500 g/mol. The molecule has 39 heavy (non-hydrogen) atoms. The molecule has 0 aliphatic carbocycles. The highest BCUT2D eigenvalue weighted by molar-refractivity contribution is 5.79. The molecule has 2 amide bonds. The average molecular weight is 545 g/mol. The molecular formula is C29H44N4O6. The Bertz CT molecular complexity index is 1020. The van der Waals surface area contributed by atoms with Crippen LogP contribution in [-0.2, 0) is 14.4 Å².